The molecule has 0 bridgehead atoms. The number of pyridine rings is 1. The van der Waals surface area contributed by atoms with Crippen LogP contribution in [-0.2, 0) is 0 Å². The van der Waals surface area contributed by atoms with Crippen molar-refractivity contribution < 1.29 is 13.7 Å². The van der Waals surface area contributed by atoms with E-state index in [1.807, 2.05) is 0 Å². The Labute approximate surface area is 80.7 Å². The molecule has 0 N–H and O–H groups in total. The zero-order chi connectivity index (χ0) is 10.9. The Morgan fingerprint density at radius 3 is 2.57 bits per heavy atom. The van der Waals surface area contributed by atoms with E-state index in [0.717, 1.165) is 0 Å². The minimum atomic E-state index is -3.13. The molecule has 0 aliphatic carbocycles. The van der Waals surface area contributed by atoms with E-state index in [1.54, 1.807) is 0 Å². The number of hydrogen-bond donors (Lipinski definition) is 0. The van der Waals surface area contributed by atoms with E-state index in [4.69, 9.17) is 11.6 Å². The number of nitrogens with zero attached hydrogens (tertiary/aromatic N) is 2. The standard InChI is InChI=1S/C6H3ClF2N2O3/c7-3-1-5(12)10(6(8)9)2-4(3)11(13)14/h1-2,6H. The number of hydrogen-bond acceptors (Lipinski definition) is 3. The average molecular weight is 225 g/mol. The topological polar surface area (TPSA) is 65.1 Å². The van der Waals surface area contributed by atoms with Gasteiger partial charge in [-0.3, -0.25) is 19.5 Å². The van der Waals surface area contributed by atoms with Crippen molar-refractivity contribution in [2.45, 2.75) is 6.55 Å². The quantitative estimate of drug-likeness (QED) is 0.568. The molecule has 1 aromatic heterocycles. The van der Waals surface area contributed by atoms with Crippen LogP contribution in [0, 0.1) is 10.1 Å². The highest BCUT2D eigenvalue weighted by Crippen LogP contribution is 2.22. The first-order chi connectivity index (χ1) is 6.43. The second-order valence-corrected chi connectivity index (χ2v) is 2.69. The molecule has 0 spiro atoms. The van der Waals surface area contributed by atoms with Crippen molar-refractivity contribution in [1.82, 2.24) is 4.57 Å². The third kappa shape index (κ3) is 1.87. The van der Waals surface area contributed by atoms with E-state index >= 15 is 0 Å². The molecule has 0 aliphatic heterocycles. The van der Waals surface area contributed by atoms with E-state index in [1.165, 1.54) is 0 Å². The molecule has 0 fully saturated rings. The Bertz CT molecular complexity index is 432. The molecule has 76 valence electrons. The lowest BCUT2D eigenvalue weighted by molar-refractivity contribution is -0.385. The second kappa shape index (κ2) is 3.70. The van der Waals surface area contributed by atoms with E-state index in [9.17, 15) is 23.7 Å². The van der Waals surface area contributed by atoms with Gasteiger partial charge in [0, 0.05) is 6.07 Å². The minimum absolute atomic E-state index is 0.0655. The number of rotatable bonds is 2. The number of aromatic nitrogens is 1. The molecule has 8 heteroatoms. The summed E-state index contributed by atoms with van der Waals surface area (Å²) in [6.45, 7) is -3.13. The maximum Gasteiger partial charge on any atom is 0.321 e. The fourth-order valence-electron chi connectivity index (χ4n) is 0.801. The Morgan fingerprint density at radius 2 is 2.14 bits per heavy atom. The van der Waals surface area contributed by atoms with Crippen LogP contribution in [0.15, 0.2) is 17.1 Å². The highest BCUT2D eigenvalue weighted by molar-refractivity contribution is 6.32. The first-order valence-electron chi connectivity index (χ1n) is 3.27. The first-order valence-corrected chi connectivity index (χ1v) is 3.65. The van der Waals surface area contributed by atoms with Crippen LogP contribution in [0.5, 0.6) is 0 Å². The van der Waals surface area contributed by atoms with Gasteiger partial charge in [0.05, 0.1) is 11.1 Å². The normalized spacial score (nSPS) is 10.6. The van der Waals surface area contributed by atoms with Gasteiger partial charge in [0.1, 0.15) is 5.02 Å². The summed E-state index contributed by atoms with van der Waals surface area (Å²) in [6, 6.07) is 0.575. The van der Waals surface area contributed by atoms with Crippen molar-refractivity contribution in [2.24, 2.45) is 0 Å². The third-order valence-electron chi connectivity index (χ3n) is 1.42. The van der Waals surface area contributed by atoms with Crippen molar-refractivity contribution in [3.63, 3.8) is 0 Å². The molecule has 0 amide bonds. The monoisotopic (exact) mass is 224 g/mol. The number of alkyl halides is 2. The lowest BCUT2D eigenvalue weighted by atomic mass is 10.4. The van der Waals surface area contributed by atoms with Crippen LogP contribution in [0.2, 0.25) is 5.02 Å². The molecule has 0 radical (unpaired) electrons. The highest BCUT2D eigenvalue weighted by Gasteiger charge is 2.18. The Hall–Kier alpha value is -1.50. The predicted molar refractivity (Wildman–Crippen MR) is 43.6 cm³/mol. The van der Waals surface area contributed by atoms with Gasteiger partial charge in [-0.1, -0.05) is 11.6 Å². The Kier molecular flexibility index (Phi) is 2.80. The molecule has 0 unspecified atom stereocenters. The van der Waals surface area contributed by atoms with Gasteiger partial charge in [0.2, 0.25) is 0 Å². The first kappa shape index (κ1) is 10.6. The van der Waals surface area contributed by atoms with E-state index in [-0.39, 0.29) is 4.57 Å². The van der Waals surface area contributed by atoms with Gasteiger partial charge in [0.15, 0.2) is 0 Å². The summed E-state index contributed by atoms with van der Waals surface area (Å²) in [5, 5.41) is 9.81. The summed E-state index contributed by atoms with van der Waals surface area (Å²) >= 11 is 5.30. The maximum atomic E-state index is 12.1. The van der Waals surface area contributed by atoms with Crippen LogP contribution in [-0.4, -0.2) is 9.49 Å². The molecule has 1 rings (SSSR count). The van der Waals surface area contributed by atoms with Crippen LogP contribution in [0.1, 0.15) is 6.55 Å². The molecule has 0 aliphatic rings. The number of nitro groups is 1. The third-order valence-corrected chi connectivity index (χ3v) is 1.72. The molecule has 1 aromatic rings. The van der Waals surface area contributed by atoms with Gasteiger partial charge in [-0.15, -0.1) is 0 Å². The van der Waals surface area contributed by atoms with Gasteiger partial charge in [-0.2, -0.15) is 8.78 Å². The van der Waals surface area contributed by atoms with Crippen LogP contribution in [0.25, 0.3) is 0 Å². The zero-order valence-electron chi connectivity index (χ0n) is 6.49. The molecule has 0 saturated heterocycles. The van der Waals surface area contributed by atoms with Gasteiger partial charge < -0.3 is 0 Å². The van der Waals surface area contributed by atoms with Crippen molar-refractivity contribution in [3.05, 3.63) is 37.8 Å². The van der Waals surface area contributed by atoms with Crippen molar-refractivity contribution in [3.8, 4) is 0 Å². The fraction of sp³-hybridized carbons (Fsp3) is 0.167. The largest absolute Gasteiger partial charge is 0.321 e. The van der Waals surface area contributed by atoms with Crippen molar-refractivity contribution >= 4 is 17.3 Å². The fourth-order valence-corrected chi connectivity index (χ4v) is 1.01. The molecule has 0 aromatic carbocycles. The van der Waals surface area contributed by atoms with Crippen LogP contribution in [0.3, 0.4) is 0 Å². The number of halogens is 3. The Balaban J connectivity index is 3.42. The smallest absolute Gasteiger partial charge is 0.269 e. The molecule has 0 atom stereocenters. The van der Waals surface area contributed by atoms with E-state index < -0.39 is 27.7 Å². The van der Waals surface area contributed by atoms with Crippen molar-refractivity contribution in [1.29, 1.82) is 0 Å². The van der Waals surface area contributed by atoms with E-state index in [0.29, 0.717) is 12.3 Å². The highest BCUT2D eigenvalue weighted by atomic mass is 35.5. The lowest BCUT2D eigenvalue weighted by Gasteiger charge is -2.03. The minimum Gasteiger partial charge on any atom is -0.269 e. The Morgan fingerprint density at radius 1 is 1.57 bits per heavy atom. The zero-order valence-corrected chi connectivity index (χ0v) is 7.24. The second-order valence-electron chi connectivity index (χ2n) is 2.29. The van der Waals surface area contributed by atoms with Crippen LogP contribution < -0.4 is 5.56 Å². The lowest BCUT2D eigenvalue weighted by Crippen LogP contribution is -2.19. The molecular formula is C6H3ClF2N2O3. The molecule has 14 heavy (non-hydrogen) atoms. The molecule has 0 saturated carbocycles. The SMILES string of the molecule is O=c1cc(Cl)c([N+](=O)[O-])cn1C(F)F. The predicted octanol–water partition coefficient (Wildman–Crippen LogP) is 1.80. The molecular weight excluding hydrogens is 222 g/mol. The molecule has 5 nitrogen and oxygen atoms in total. The maximum absolute atomic E-state index is 12.1. The summed E-state index contributed by atoms with van der Waals surface area (Å²) in [5.74, 6) is 0. The van der Waals surface area contributed by atoms with E-state index in [2.05, 4.69) is 0 Å². The summed E-state index contributed by atoms with van der Waals surface area (Å²) in [7, 11) is 0. The van der Waals surface area contributed by atoms with Crippen LogP contribution >= 0.6 is 11.6 Å². The summed E-state index contributed by atoms with van der Waals surface area (Å²) in [4.78, 5) is 20.2. The summed E-state index contributed by atoms with van der Waals surface area (Å²) in [6.07, 6.45) is 0.412. The summed E-state index contributed by atoms with van der Waals surface area (Å²) < 4.78 is 24.1. The summed E-state index contributed by atoms with van der Waals surface area (Å²) in [5.41, 5.74) is -1.82. The molecule has 1 heterocycles. The van der Waals surface area contributed by atoms with Gasteiger partial charge >= 0.3 is 12.2 Å². The van der Waals surface area contributed by atoms with Gasteiger partial charge in [-0.05, 0) is 0 Å². The van der Waals surface area contributed by atoms with Crippen LogP contribution in [0.4, 0.5) is 14.5 Å². The average Bonchev–Trinajstić information content (AvgIpc) is 2.02. The van der Waals surface area contributed by atoms with Crippen molar-refractivity contribution in [2.75, 3.05) is 0 Å². The van der Waals surface area contributed by atoms with Gasteiger partial charge in [0.25, 0.3) is 5.56 Å². The van der Waals surface area contributed by atoms with Gasteiger partial charge in [-0.25, -0.2) is 0 Å².